The van der Waals surface area contributed by atoms with Crippen molar-refractivity contribution in [3.05, 3.63) is 22.8 Å². The molecule has 2 rings (SSSR count). The Morgan fingerprint density at radius 3 is 2.39 bits per heavy atom. The number of rotatable bonds is 14. The lowest BCUT2D eigenvalue weighted by atomic mass is 10.3. The average Bonchev–Trinajstić information content (AvgIpc) is 3.32. The summed E-state index contributed by atoms with van der Waals surface area (Å²) in [6, 6.07) is 4.46. The molecule has 0 unspecified atom stereocenters. The van der Waals surface area contributed by atoms with E-state index < -0.39 is 0 Å². The van der Waals surface area contributed by atoms with Crippen LogP contribution in [-0.4, -0.2) is 54.5 Å². The molecule has 0 saturated heterocycles. The highest BCUT2D eigenvalue weighted by Crippen LogP contribution is 2.22. The van der Waals surface area contributed by atoms with Crippen LogP contribution in [0.15, 0.2) is 17.2 Å². The highest BCUT2D eigenvalue weighted by Gasteiger charge is 2.13. The summed E-state index contributed by atoms with van der Waals surface area (Å²) in [4.78, 5) is 17.0. The van der Waals surface area contributed by atoms with E-state index >= 15 is 0 Å². The fourth-order valence-electron chi connectivity index (χ4n) is 2.58. The monoisotopic (exact) mass is 479 g/mol. The van der Waals surface area contributed by atoms with Crippen molar-refractivity contribution in [2.24, 2.45) is 5.10 Å². The molecule has 0 aromatic carbocycles. The van der Waals surface area contributed by atoms with E-state index in [1.165, 1.54) is 4.88 Å². The SMILES string of the molecule is CC.CC.CCCCN(CCC)c1nc(/C=N/Nc2ccc(CC)s2)nc(OCCNC)n1. The molecule has 0 saturated carbocycles. The first kappa shape index (κ1) is 30.7. The molecule has 0 aliphatic carbocycles. The molecule has 8 nitrogen and oxygen atoms in total. The third-order valence-electron chi connectivity index (χ3n) is 4.13. The van der Waals surface area contributed by atoms with Crippen molar-refractivity contribution in [2.75, 3.05) is 43.6 Å². The molecule has 0 atom stereocenters. The Bertz CT molecular complexity index is 752. The molecule has 0 bridgehead atoms. The van der Waals surface area contributed by atoms with E-state index in [0.29, 0.717) is 24.4 Å². The first-order valence-corrected chi connectivity index (χ1v) is 13.2. The van der Waals surface area contributed by atoms with Crippen molar-refractivity contribution < 1.29 is 4.74 Å². The summed E-state index contributed by atoms with van der Waals surface area (Å²) < 4.78 is 5.71. The minimum absolute atomic E-state index is 0.327. The van der Waals surface area contributed by atoms with Crippen LogP contribution in [0.5, 0.6) is 6.01 Å². The van der Waals surface area contributed by atoms with Gasteiger partial charge in [-0.25, -0.2) is 0 Å². The predicted molar refractivity (Wildman–Crippen MR) is 144 cm³/mol. The summed E-state index contributed by atoms with van der Waals surface area (Å²) >= 11 is 1.69. The van der Waals surface area contributed by atoms with Gasteiger partial charge in [-0.15, -0.1) is 11.3 Å². The van der Waals surface area contributed by atoms with E-state index in [0.717, 1.165) is 50.3 Å². The number of aryl methyl sites for hydroxylation is 1. The van der Waals surface area contributed by atoms with Crippen molar-refractivity contribution in [3.63, 3.8) is 0 Å². The normalized spacial score (nSPS) is 10.2. The molecule has 0 aliphatic heterocycles. The maximum Gasteiger partial charge on any atom is 0.321 e. The van der Waals surface area contributed by atoms with Gasteiger partial charge in [0, 0.05) is 24.5 Å². The summed E-state index contributed by atoms with van der Waals surface area (Å²) in [5, 5.41) is 8.35. The summed E-state index contributed by atoms with van der Waals surface area (Å²) in [5.41, 5.74) is 3.05. The Labute approximate surface area is 205 Å². The predicted octanol–water partition coefficient (Wildman–Crippen LogP) is 5.61. The highest BCUT2D eigenvalue weighted by atomic mass is 32.1. The van der Waals surface area contributed by atoms with Gasteiger partial charge >= 0.3 is 6.01 Å². The molecule has 188 valence electrons. The number of likely N-dealkylation sites (N-methyl/N-ethyl adjacent to an activating group) is 1. The lowest BCUT2D eigenvalue weighted by Crippen LogP contribution is -2.28. The molecule has 0 radical (unpaired) electrons. The minimum Gasteiger partial charge on any atom is -0.462 e. The van der Waals surface area contributed by atoms with Gasteiger partial charge in [-0.05, 0) is 38.4 Å². The third kappa shape index (κ3) is 12.5. The molecule has 33 heavy (non-hydrogen) atoms. The Hall–Kier alpha value is -2.26. The van der Waals surface area contributed by atoms with Crippen LogP contribution in [0.25, 0.3) is 0 Å². The molecule has 2 N–H and O–H groups in total. The number of hydrogen-bond donors (Lipinski definition) is 2. The summed E-state index contributed by atoms with van der Waals surface area (Å²) in [5.74, 6) is 1.12. The maximum absolute atomic E-state index is 5.71. The van der Waals surface area contributed by atoms with Gasteiger partial charge in [0.1, 0.15) is 11.6 Å². The average molecular weight is 480 g/mol. The first-order valence-electron chi connectivity index (χ1n) is 12.4. The second-order valence-corrected chi connectivity index (χ2v) is 7.73. The van der Waals surface area contributed by atoms with Crippen LogP contribution in [0, 0.1) is 0 Å². The zero-order valence-corrected chi connectivity index (χ0v) is 22.8. The molecular weight excluding hydrogens is 434 g/mol. The van der Waals surface area contributed by atoms with Crippen molar-refractivity contribution in [3.8, 4) is 6.01 Å². The second kappa shape index (κ2) is 20.4. The number of ether oxygens (including phenoxy) is 1. The summed E-state index contributed by atoms with van der Waals surface area (Å²) in [6.07, 6.45) is 5.87. The number of hydrazone groups is 1. The number of hydrogen-bond acceptors (Lipinski definition) is 9. The van der Waals surface area contributed by atoms with Gasteiger partial charge in [-0.1, -0.05) is 54.9 Å². The van der Waals surface area contributed by atoms with Crippen LogP contribution in [0.4, 0.5) is 10.9 Å². The van der Waals surface area contributed by atoms with Gasteiger partial charge in [0.25, 0.3) is 0 Å². The minimum atomic E-state index is 0.327. The van der Waals surface area contributed by atoms with E-state index in [-0.39, 0.29) is 0 Å². The largest absolute Gasteiger partial charge is 0.462 e. The molecule has 0 aliphatic rings. The molecule has 9 heteroatoms. The fourth-order valence-corrected chi connectivity index (χ4v) is 3.38. The van der Waals surface area contributed by atoms with Crippen LogP contribution in [0.1, 0.15) is 78.4 Å². The molecular formula is C24H45N7OS. The molecule has 0 fully saturated rings. The van der Waals surface area contributed by atoms with E-state index in [2.05, 4.69) is 62.5 Å². The van der Waals surface area contributed by atoms with E-state index in [1.807, 2.05) is 40.8 Å². The van der Waals surface area contributed by atoms with Crippen molar-refractivity contribution in [1.29, 1.82) is 0 Å². The lowest BCUT2D eigenvalue weighted by molar-refractivity contribution is 0.292. The number of nitrogens with one attached hydrogen (secondary N) is 2. The Kier molecular flexibility index (Phi) is 19.0. The summed E-state index contributed by atoms with van der Waals surface area (Å²) in [7, 11) is 1.88. The van der Waals surface area contributed by atoms with Gasteiger partial charge in [0.2, 0.25) is 5.95 Å². The standard InChI is InChI=1S/C20H33N7OS.2C2H6/c1-5-8-13-27(12-6-2)19-23-17(24-20(25-19)28-14-11-21-4)15-22-26-18-10-9-16(7-3)29-18;2*1-2/h9-10,15,21,26H,5-8,11-14H2,1-4H3;2*1-2H3/b22-15+;;. The molecule has 2 aromatic rings. The quantitative estimate of drug-likeness (QED) is 0.207. The van der Waals surface area contributed by atoms with Crippen LogP contribution in [0.3, 0.4) is 0 Å². The van der Waals surface area contributed by atoms with Crippen LogP contribution < -0.4 is 20.4 Å². The number of nitrogens with zero attached hydrogens (tertiary/aromatic N) is 5. The van der Waals surface area contributed by atoms with Crippen molar-refractivity contribution >= 4 is 28.5 Å². The van der Waals surface area contributed by atoms with Crippen molar-refractivity contribution in [2.45, 2.75) is 74.1 Å². The third-order valence-corrected chi connectivity index (χ3v) is 5.26. The van der Waals surface area contributed by atoms with E-state index in [4.69, 9.17) is 4.74 Å². The number of thiophene rings is 1. The van der Waals surface area contributed by atoms with E-state index in [1.54, 1.807) is 17.6 Å². The van der Waals surface area contributed by atoms with E-state index in [9.17, 15) is 0 Å². The van der Waals surface area contributed by atoms with Crippen LogP contribution in [0.2, 0.25) is 0 Å². The van der Waals surface area contributed by atoms with Crippen LogP contribution in [-0.2, 0) is 6.42 Å². The molecule has 0 amide bonds. The van der Waals surface area contributed by atoms with Gasteiger partial charge in [-0.3, -0.25) is 5.43 Å². The molecule has 0 spiro atoms. The maximum atomic E-state index is 5.71. The first-order chi connectivity index (χ1) is 16.2. The number of anilines is 2. The fraction of sp³-hybridized carbons (Fsp3) is 0.667. The summed E-state index contributed by atoms with van der Waals surface area (Å²) in [6.45, 7) is 17.5. The number of aromatic nitrogens is 3. The number of unbranched alkanes of at least 4 members (excludes halogenated alkanes) is 1. The lowest BCUT2D eigenvalue weighted by Gasteiger charge is -2.22. The Morgan fingerprint density at radius 2 is 1.79 bits per heavy atom. The van der Waals surface area contributed by atoms with Gasteiger partial charge < -0.3 is 15.0 Å². The zero-order valence-electron chi connectivity index (χ0n) is 21.9. The smallest absolute Gasteiger partial charge is 0.321 e. The molecule has 2 heterocycles. The van der Waals surface area contributed by atoms with Gasteiger partial charge in [0.15, 0.2) is 5.82 Å². The van der Waals surface area contributed by atoms with Crippen LogP contribution >= 0.6 is 11.3 Å². The Morgan fingerprint density at radius 1 is 1.03 bits per heavy atom. The van der Waals surface area contributed by atoms with Gasteiger partial charge in [0.05, 0.1) is 6.21 Å². The highest BCUT2D eigenvalue weighted by molar-refractivity contribution is 7.16. The Balaban J connectivity index is 0.00000242. The topological polar surface area (TPSA) is 87.6 Å². The zero-order chi connectivity index (χ0) is 24.9. The molecule has 2 aromatic heterocycles. The second-order valence-electron chi connectivity index (χ2n) is 6.56. The van der Waals surface area contributed by atoms with Gasteiger partial charge in [-0.2, -0.15) is 20.1 Å². The van der Waals surface area contributed by atoms with Crippen molar-refractivity contribution in [1.82, 2.24) is 20.3 Å².